The smallest absolute Gasteiger partial charge is 0.0388 e. The molecule has 0 atom stereocenters. The van der Waals surface area contributed by atoms with Crippen LogP contribution in [0.2, 0.25) is 0 Å². The van der Waals surface area contributed by atoms with Crippen molar-refractivity contribution in [2.45, 2.75) is 453 Å². The Hall–Kier alpha value is -0.630. The van der Waals surface area contributed by atoms with Crippen LogP contribution < -0.4 is 5.32 Å². The maximum Gasteiger partial charge on any atom is 0.0388 e. The largest absolute Gasteiger partial charge is 0.317 e. The zero-order valence-corrected chi connectivity index (χ0v) is 59.4. The highest BCUT2D eigenvalue weighted by molar-refractivity contribution is 5.58. The summed E-state index contributed by atoms with van der Waals surface area (Å²) in [7, 11) is 0. The zero-order chi connectivity index (χ0) is 60.3. The van der Waals surface area contributed by atoms with Gasteiger partial charge in [-0.3, -0.25) is 4.99 Å². The van der Waals surface area contributed by atoms with Crippen molar-refractivity contribution >= 4 is 6.21 Å². The molecule has 0 unspecified atom stereocenters. The Bertz CT molecular complexity index is 556. The number of aliphatic imine (C=N–C) groups is 1. The molecule has 0 bridgehead atoms. The topological polar surface area (TPSA) is 24.4 Å². The lowest BCUT2D eigenvalue weighted by Crippen LogP contribution is -2.21. The summed E-state index contributed by atoms with van der Waals surface area (Å²) in [6.45, 7) is 43.6. The van der Waals surface area contributed by atoms with Crippen LogP contribution in [-0.4, -0.2) is 25.8 Å². The lowest BCUT2D eigenvalue weighted by molar-refractivity contribution is 0.504. The molecule has 8 fully saturated rings. The third-order valence-electron chi connectivity index (χ3n) is 13.1. The summed E-state index contributed by atoms with van der Waals surface area (Å²) in [5.41, 5.74) is 0. The van der Waals surface area contributed by atoms with Crippen LogP contribution in [0.15, 0.2) is 17.1 Å². The quantitative estimate of drug-likeness (QED) is 0.190. The first kappa shape index (κ1) is 98.5. The molecule has 2 aliphatic heterocycles. The van der Waals surface area contributed by atoms with Crippen LogP contribution in [0.4, 0.5) is 0 Å². The predicted octanol–water partition coefficient (Wildman–Crippen LogP) is 29.6. The van der Waals surface area contributed by atoms with Crippen LogP contribution in [0.3, 0.4) is 0 Å². The number of nitrogens with one attached hydrogen (secondary N) is 1. The fraction of sp³-hybridized carbons (Fsp3) is 0.960. The summed E-state index contributed by atoms with van der Waals surface area (Å²) in [4.78, 5) is 3.96. The van der Waals surface area contributed by atoms with Gasteiger partial charge >= 0.3 is 0 Å². The summed E-state index contributed by atoms with van der Waals surface area (Å²) < 4.78 is 0. The molecular formula is C75H168N2. The van der Waals surface area contributed by atoms with Gasteiger partial charge in [0.05, 0.1) is 0 Å². The molecule has 478 valence electrons. The standard InChI is InChI=1S/C7H14.3C6H12.C6H10.C5H11N.3C5H10.C4H7N.10C2H6/c1-2-4-6-7-5-3-1;5*1-2-4-6-5-3-1;4*1-2-4-5-3-1;10*1-2/h1-7H2;3*1-6H2;1-2H,3-6H2;6H,1-5H2;3*1-5H2;3H,1-2,4H2;10*1-2H3. The minimum absolute atomic E-state index is 1.07. The van der Waals surface area contributed by atoms with E-state index in [2.05, 4.69) is 22.5 Å². The molecule has 10 rings (SSSR count). The summed E-state index contributed by atoms with van der Waals surface area (Å²) >= 11 is 0. The maximum atomic E-state index is 3.96. The van der Waals surface area contributed by atoms with Gasteiger partial charge in [-0.2, -0.15) is 0 Å². The Labute approximate surface area is 499 Å². The molecule has 77 heavy (non-hydrogen) atoms. The van der Waals surface area contributed by atoms with E-state index in [1.165, 1.54) is 328 Å². The molecule has 1 N–H and O–H groups in total. The van der Waals surface area contributed by atoms with Crippen molar-refractivity contribution in [3.63, 3.8) is 0 Å². The first-order valence-corrected chi connectivity index (χ1v) is 37.3. The van der Waals surface area contributed by atoms with E-state index in [9.17, 15) is 0 Å². The van der Waals surface area contributed by atoms with Gasteiger partial charge in [0.25, 0.3) is 0 Å². The Morgan fingerprint density at radius 1 is 0.182 bits per heavy atom. The molecule has 0 aromatic rings. The van der Waals surface area contributed by atoms with E-state index in [-0.39, 0.29) is 0 Å². The molecular weight excluding hydrogens is 929 g/mol. The Morgan fingerprint density at radius 2 is 0.338 bits per heavy atom. The monoisotopic (exact) mass is 1100 g/mol. The molecule has 0 aromatic carbocycles. The minimum atomic E-state index is 1.07. The van der Waals surface area contributed by atoms with Gasteiger partial charge < -0.3 is 5.32 Å². The normalized spacial score (nSPS) is 18.1. The average Bonchev–Trinajstić information content (AvgIpc) is 4.48. The number of piperidine rings is 1. The van der Waals surface area contributed by atoms with Gasteiger partial charge in [0.1, 0.15) is 0 Å². The zero-order valence-electron chi connectivity index (χ0n) is 59.4. The minimum Gasteiger partial charge on any atom is -0.317 e. The number of hydrogen-bond acceptors (Lipinski definition) is 2. The number of rotatable bonds is 0. The number of hydrogen-bond donors (Lipinski definition) is 1. The molecule has 7 saturated carbocycles. The number of allylic oxidation sites excluding steroid dienone is 2. The highest BCUT2D eigenvalue weighted by atomic mass is 14.9. The maximum absolute atomic E-state index is 3.96. The van der Waals surface area contributed by atoms with Crippen LogP contribution in [-0.2, 0) is 0 Å². The Morgan fingerprint density at radius 3 is 0.390 bits per heavy atom. The summed E-state index contributed by atoms with van der Waals surface area (Å²) in [5.74, 6) is 0. The van der Waals surface area contributed by atoms with Gasteiger partial charge in [-0.25, -0.2) is 0 Å². The van der Waals surface area contributed by atoms with Crippen LogP contribution >= 0.6 is 0 Å². The van der Waals surface area contributed by atoms with E-state index >= 15 is 0 Å². The lowest BCUT2D eigenvalue weighted by atomic mass is 10.0. The second kappa shape index (κ2) is 131. The molecule has 10 aliphatic rings. The van der Waals surface area contributed by atoms with Gasteiger partial charge in [-0.05, 0) is 70.7 Å². The summed E-state index contributed by atoms with van der Waals surface area (Å²) in [6.07, 6.45) is 78.7. The van der Waals surface area contributed by atoms with E-state index in [1.807, 2.05) is 145 Å². The third kappa shape index (κ3) is 128. The lowest BCUT2D eigenvalue weighted by Gasteiger charge is -2.08. The van der Waals surface area contributed by atoms with E-state index < -0.39 is 0 Å². The van der Waals surface area contributed by atoms with Crippen molar-refractivity contribution in [3.05, 3.63) is 12.2 Å². The molecule has 2 heterocycles. The van der Waals surface area contributed by atoms with Gasteiger partial charge in [-0.15, -0.1) is 0 Å². The summed E-state index contributed by atoms with van der Waals surface area (Å²) in [6, 6.07) is 0. The highest BCUT2D eigenvalue weighted by Gasteiger charge is 1.99. The highest BCUT2D eigenvalue weighted by Crippen LogP contribution is 2.19. The van der Waals surface area contributed by atoms with Crippen molar-refractivity contribution in [1.82, 2.24) is 5.32 Å². The van der Waals surface area contributed by atoms with Gasteiger partial charge in [0.2, 0.25) is 0 Å². The second-order valence-corrected chi connectivity index (χ2v) is 18.9. The van der Waals surface area contributed by atoms with Gasteiger partial charge in [0, 0.05) is 6.54 Å². The third-order valence-corrected chi connectivity index (χ3v) is 13.1. The van der Waals surface area contributed by atoms with Crippen molar-refractivity contribution in [1.29, 1.82) is 0 Å². The summed E-state index contributed by atoms with van der Waals surface area (Å²) in [5, 5.41) is 3.28. The van der Waals surface area contributed by atoms with E-state index in [4.69, 9.17) is 0 Å². The SMILES string of the molecule is C1=CCCCC1.C1=NCCC1.C1CCCC1.C1CCCC1.C1CCCC1.C1CCCCC1.C1CCCCC1.C1CCCCC1.C1CCCCCC1.C1CCNCC1.CC.CC.CC.CC.CC.CC.CC.CC.CC.CC. The molecule has 0 spiro atoms. The molecule has 8 aliphatic carbocycles. The van der Waals surface area contributed by atoms with Crippen LogP contribution in [0.5, 0.6) is 0 Å². The predicted molar refractivity (Wildman–Crippen MR) is 375 cm³/mol. The molecule has 2 nitrogen and oxygen atoms in total. The number of nitrogens with zero attached hydrogens (tertiary/aromatic N) is 1. The van der Waals surface area contributed by atoms with E-state index in [0.29, 0.717) is 0 Å². The molecule has 0 radical (unpaired) electrons. The molecule has 1 saturated heterocycles. The van der Waals surface area contributed by atoms with Crippen LogP contribution in [0.25, 0.3) is 0 Å². The van der Waals surface area contributed by atoms with Crippen LogP contribution in [0.1, 0.15) is 453 Å². The first-order valence-electron chi connectivity index (χ1n) is 37.3. The second-order valence-electron chi connectivity index (χ2n) is 18.9. The van der Waals surface area contributed by atoms with Crippen molar-refractivity contribution in [2.24, 2.45) is 4.99 Å². The fourth-order valence-corrected chi connectivity index (χ4v) is 9.09. The van der Waals surface area contributed by atoms with Crippen molar-refractivity contribution in [2.75, 3.05) is 19.6 Å². The molecule has 0 aromatic heterocycles. The van der Waals surface area contributed by atoms with E-state index in [1.54, 1.807) is 0 Å². The Kier molecular flexibility index (Phi) is 168. The van der Waals surface area contributed by atoms with Crippen molar-refractivity contribution in [3.8, 4) is 0 Å². The van der Waals surface area contributed by atoms with E-state index in [0.717, 1.165) is 6.54 Å². The first-order chi connectivity index (χ1) is 38.5. The van der Waals surface area contributed by atoms with Gasteiger partial charge in [0.15, 0.2) is 0 Å². The fourth-order valence-electron chi connectivity index (χ4n) is 9.09. The molecule has 2 heteroatoms. The van der Waals surface area contributed by atoms with Crippen molar-refractivity contribution < 1.29 is 0 Å². The Balaban J connectivity index is -0.0000000782. The average molecular weight is 1100 g/mol. The van der Waals surface area contributed by atoms with Gasteiger partial charge in [-0.1, -0.05) is 414 Å². The molecule has 0 amide bonds. The van der Waals surface area contributed by atoms with Crippen LogP contribution in [0, 0.1) is 0 Å².